The minimum atomic E-state index is -0.363. The maximum absolute atomic E-state index is 11.4. The molecule has 0 aromatic heterocycles. The molecule has 21 heavy (non-hydrogen) atoms. The largest absolute Gasteiger partial charge is 0.366 e. The van der Waals surface area contributed by atoms with Crippen LogP contribution < -0.4 is 11.1 Å². The van der Waals surface area contributed by atoms with Crippen LogP contribution in [0.5, 0.6) is 0 Å². The highest BCUT2D eigenvalue weighted by atomic mass is 16.1. The molecule has 0 aliphatic carbocycles. The molecule has 0 spiro atoms. The molecule has 0 saturated carbocycles. The summed E-state index contributed by atoms with van der Waals surface area (Å²) >= 11 is 0. The van der Waals surface area contributed by atoms with Gasteiger partial charge in [-0.1, -0.05) is 42.5 Å². The van der Waals surface area contributed by atoms with Gasteiger partial charge in [0.05, 0.1) is 0 Å². The van der Waals surface area contributed by atoms with Gasteiger partial charge < -0.3 is 11.1 Å². The third-order valence-corrected chi connectivity index (χ3v) is 4.39. The Balaban J connectivity index is 1.97. The van der Waals surface area contributed by atoms with Crippen molar-refractivity contribution in [3.05, 3.63) is 71.3 Å². The average Bonchev–Trinajstić information content (AvgIpc) is 2.98. The lowest BCUT2D eigenvalue weighted by Crippen LogP contribution is -2.32. The Morgan fingerprint density at radius 2 is 1.95 bits per heavy atom. The minimum Gasteiger partial charge on any atom is -0.366 e. The maximum atomic E-state index is 11.4. The zero-order valence-electron chi connectivity index (χ0n) is 12.0. The van der Waals surface area contributed by atoms with Gasteiger partial charge in [0.15, 0.2) is 0 Å². The van der Waals surface area contributed by atoms with E-state index in [0.717, 1.165) is 25.9 Å². The number of primary amides is 1. The van der Waals surface area contributed by atoms with Crippen molar-refractivity contribution in [2.45, 2.75) is 18.3 Å². The molecule has 1 unspecified atom stereocenters. The summed E-state index contributed by atoms with van der Waals surface area (Å²) in [5.41, 5.74) is 8.59. The normalized spacial score (nSPS) is 21.3. The van der Waals surface area contributed by atoms with Crippen LogP contribution in [0.4, 0.5) is 0 Å². The highest BCUT2D eigenvalue weighted by Crippen LogP contribution is 2.34. The van der Waals surface area contributed by atoms with E-state index >= 15 is 0 Å². The van der Waals surface area contributed by atoms with Crippen molar-refractivity contribution < 1.29 is 4.79 Å². The number of carbonyl (C=O) groups is 1. The van der Waals surface area contributed by atoms with Crippen LogP contribution in [0.1, 0.15) is 27.9 Å². The second-order valence-corrected chi connectivity index (χ2v) is 5.81. The second-order valence-electron chi connectivity index (χ2n) is 5.81. The first-order valence-corrected chi connectivity index (χ1v) is 7.35. The van der Waals surface area contributed by atoms with E-state index in [1.807, 2.05) is 18.2 Å². The van der Waals surface area contributed by atoms with Crippen molar-refractivity contribution in [1.82, 2.24) is 5.32 Å². The quantitative estimate of drug-likeness (QED) is 0.902. The number of nitrogens with two attached hydrogens (primary N) is 1. The van der Waals surface area contributed by atoms with Crippen molar-refractivity contribution >= 4 is 5.91 Å². The first-order chi connectivity index (χ1) is 10.2. The van der Waals surface area contributed by atoms with Crippen LogP contribution in [0.15, 0.2) is 54.6 Å². The van der Waals surface area contributed by atoms with Crippen LogP contribution in [-0.4, -0.2) is 19.0 Å². The number of hydrogen-bond acceptors (Lipinski definition) is 2. The molecule has 1 atom stereocenters. The minimum absolute atomic E-state index is 0.0484. The molecule has 1 aliphatic rings. The van der Waals surface area contributed by atoms with E-state index in [2.05, 4.69) is 35.6 Å². The number of benzene rings is 2. The monoisotopic (exact) mass is 280 g/mol. The fourth-order valence-electron chi connectivity index (χ4n) is 3.23. The van der Waals surface area contributed by atoms with Crippen LogP contribution in [0.25, 0.3) is 0 Å². The van der Waals surface area contributed by atoms with Gasteiger partial charge in [0.2, 0.25) is 5.91 Å². The molecular weight excluding hydrogens is 260 g/mol. The molecule has 2 aromatic carbocycles. The molecular formula is C18H20N2O. The Morgan fingerprint density at radius 1 is 1.14 bits per heavy atom. The third kappa shape index (κ3) is 2.83. The van der Waals surface area contributed by atoms with Crippen molar-refractivity contribution in [3.63, 3.8) is 0 Å². The van der Waals surface area contributed by atoms with E-state index in [9.17, 15) is 4.79 Å². The van der Waals surface area contributed by atoms with Gasteiger partial charge in [0.1, 0.15) is 0 Å². The summed E-state index contributed by atoms with van der Waals surface area (Å²) < 4.78 is 0. The summed E-state index contributed by atoms with van der Waals surface area (Å²) in [6.07, 6.45) is 2.05. The zero-order valence-corrected chi connectivity index (χ0v) is 12.0. The Bertz CT molecular complexity index is 631. The van der Waals surface area contributed by atoms with Gasteiger partial charge in [-0.25, -0.2) is 0 Å². The van der Waals surface area contributed by atoms with E-state index in [0.29, 0.717) is 5.56 Å². The highest BCUT2D eigenvalue weighted by molar-refractivity contribution is 5.93. The molecule has 0 radical (unpaired) electrons. The molecule has 108 valence electrons. The van der Waals surface area contributed by atoms with Crippen molar-refractivity contribution in [2.75, 3.05) is 13.1 Å². The zero-order chi connectivity index (χ0) is 14.7. The molecule has 1 heterocycles. The number of hydrogen-bond donors (Lipinski definition) is 2. The summed E-state index contributed by atoms with van der Waals surface area (Å²) in [5.74, 6) is -0.363. The van der Waals surface area contributed by atoms with Crippen molar-refractivity contribution in [2.24, 2.45) is 5.73 Å². The average molecular weight is 280 g/mol. The standard InChI is InChI=1S/C18H20N2O/c19-17(21)15-7-4-8-16(11-15)18(9-10-20-13-18)12-14-5-2-1-3-6-14/h1-8,11,20H,9-10,12-13H2,(H2,19,21). The van der Waals surface area contributed by atoms with Gasteiger partial charge in [0.25, 0.3) is 0 Å². The second kappa shape index (κ2) is 5.70. The van der Waals surface area contributed by atoms with Gasteiger partial charge in [-0.3, -0.25) is 4.79 Å². The fourth-order valence-corrected chi connectivity index (χ4v) is 3.23. The topological polar surface area (TPSA) is 55.1 Å². The molecule has 3 heteroatoms. The summed E-state index contributed by atoms with van der Waals surface area (Å²) in [6, 6.07) is 18.3. The molecule has 3 N–H and O–H groups in total. The summed E-state index contributed by atoms with van der Waals surface area (Å²) in [4.78, 5) is 11.4. The smallest absolute Gasteiger partial charge is 0.248 e. The molecule has 0 bridgehead atoms. The first-order valence-electron chi connectivity index (χ1n) is 7.35. The fraction of sp³-hybridized carbons (Fsp3) is 0.278. The Kier molecular flexibility index (Phi) is 3.76. The maximum Gasteiger partial charge on any atom is 0.248 e. The van der Waals surface area contributed by atoms with Crippen molar-refractivity contribution in [1.29, 1.82) is 0 Å². The molecule has 3 rings (SSSR count). The third-order valence-electron chi connectivity index (χ3n) is 4.39. The summed E-state index contributed by atoms with van der Waals surface area (Å²) in [7, 11) is 0. The first kappa shape index (κ1) is 13.8. The summed E-state index contributed by atoms with van der Waals surface area (Å²) in [6.45, 7) is 1.94. The molecule has 1 fully saturated rings. The van der Waals surface area contributed by atoms with E-state index < -0.39 is 0 Å². The lowest BCUT2D eigenvalue weighted by molar-refractivity contribution is 0.1000. The van der Waals surface area contributed by atoms with E-state index in [-0.39, 0.29) is 11.3 Å². The Labute approximate surface area is 125 Å². The molecule has 2 aromatic rings. The van der Waals surface area contributed by atoms with Crippen LogP contribution in [0.3, 0.4) is 0 Å². The SMILES string of the molecule is NC(=O)c1cccc(C2(Cc3ccccc3)CCNC2)c1. The number of rotatable bonds is 4. The number of carbonyl (C=O) groups excluding carboxylic acids is 1. The van der Waals surface area contributed by atoms with Gasteiger partial charge in [-0.15, -0.1) is 0 Å². The van der Waals surface area contributed by atoms with Crippen molar-refractivity contribution in [3.8, 4) is 0 Å². The predicted molar refractivity (Wildman–Crippen MR) is 84.3 cm³/mol. The molecule has 1 saturated heterocycles. The molecule has 1 amide bonds. The van der Waals surface area contributed by atoms with E-state index in [1.165, 1.54) is 11.1 Å². The van der Waals surface area contributed by atoms with Crippen LogP contribution in [0.2, 0.25) is 0 Å². The van der Waals surface area contributed by atoms with Gasteiger partial charge >= 0.3 is 0 Å². The van der Waals surface area contributed by atoms with Crippen LogP contribution >= 0.6 is 0 Å². The lowest BCUT2D eigenvalue weighted by Gasteiger charge is -2.29. The number of amides is 1. The van der Waals surface area contributed by atoms with Gasteiger partial charge in [-0.2, -0.15) is 0 Å². The van der Waals surface area contributed by atoms with Crippen LogP contribution in [0, 0.1) is 0 Å². The molecule has 3 nitrogen and oxygen atoms in total. The lowest BCUT2D eigenvalue weighted by atomic mass is 9.74. The van der Waals surface area contributed by atoms with Gasteiger partial charge in [-0.05, 0) is 42.6 Å². The van der Waals surface area contributed by atoms with E-state index in [1.54, 1.807) is 6.07 Å². The van der Waals surface area contributed by atoms with Gasteiger partial charge in [0, 0.05) is 17.5 Å². The Hall–Kier alpha value is -2.13. The Morgan fingerprint density at radius 3 is 2.62 bits per heavy atom. The highest BCUT2D eigenvalue weighted by Gasteiger charge is 2.35. The van der Waals surface area contributed by atoms with E-state index in [4.69, 9.17) is 5.73 Å². The molecule has 1 aliphatic heterocycles. The summed E-state index contributed by atoms with van der Waals surface area (Å²) in [5, 5.41) is 3.46. The predicted octanol–water partition coefficient (Wildman–Crippen LogP) is 2.26. The van der Waals surface area contributed by atoms with Crippen LogP contribution in [-0.2, 0) is 11.8 Å². The number of nitrogens with one attached hydrogen (secondary N) is 1.